The van der Waals surface area contributed by atoms with Gasteiger partial charge in [0.05, 0.1) is 22.9 Å². The zero-order valence-electron chi connectivity index (χ0n) is 12.2. The van der Waals surface area contributed by atoms with Crippen LogP contribution >= 0.6 is 11.6 Å². The number of rotatable bonds is 5. The van der Waals surface area contributed by atoms with Gasteiger partial charge >= 0.3 is 5.97 Å². The van der Waals surface area contributed by atoms with Crippen LogP contribution in [-0.4, -0.2) is 32.3 Å². The second-order valence-electron chi connectivity index (χ2n) is 5.08. The van der Waals surface area contributed by atoms with Gasteiger partial charge in [-0.2, -0.15) is 0 Å². The van der Waals surface area contributed by atoms with Crippen LogP contribution < -0.4 is 11.1 Å². The van der Waals surface area contributed by atoms with Crippen LogP contribution in [0.25, 0.3) is 0 Å². The normalized spacial score (nSPS) is 15.7. The Morgan fingerprint density at radius 3 is 2.86 bits per heavy atom. The van der Waals surface area contributed by atoms with Crippen LogP contribution in [0.2, 0.25) is 5.02 Å². The maximum Gasteiger partial charge on any atom is 0.340 e. The van der Waals surface area contributed by atoms with E-state index in [1.54, 1.807) is 19.1 Å². The van der Waals surface area contributed by atoms with Crippen molar-refractivity contribution in [3.63, 3.8) is 0 Å². The zero-order chi connectivity index (χ0) is 15.2. The van der Waals surface area contributed by atoms with Gasteiger partial charge in [-0.3, -0.25) is 0 Å². The predicted octanol–water partition coefficient (Wildman–Crippen LogP) is 2.94. The molecule has 3 N–H and O–H groups in total. The van der Waals surface area contributed by atoms with Crippen LogP contribution in [0.5, 0.6) is 0 Å². The number of nitrogens with one attached hydrogen (secondary N) is 1. The SMILES string of the molecule is CCOC(=O)c1cc(N)cc(Cl)c1NCC1CCOCC1. The van der Waals surface area contributed by atoms with Crippen LogP contribution in [0, 0.1) is 5.92 Å². The maximum absolute atomic E-state index is 12.0. The quantitative estimate of drug-likeness (QED) is 0.646. The summed E-state index contributed by atoms with van der Waals surface area (Å²) in [5.41, 5.74) is 7.19. The monoisotopic (exact) mass is 312 g/mol. The van der Waals surface area contributed by atoms with Crippen molar-refractivity contribution < 1.29 is 14.3 Å². The Morgan fingerprint density at radius 2 is 2.19 bits per heavy atom. The molecule has 0 radical (unpaired) electrons. The molecule has 2 rings (SSSR count). The smallest absolute Gasteiger partial charge is 0.340 e. The average molecular weight is 313 g/mol. The van der Waals surface area contributed by atoms with E-state index < -0.39 is 5.97 Å². The van der Waals surface area contributed by atoms with Gasteiger partial charge in [0.1, 0.15) is 0 Å². The van der Waals surface area contributed by atoms with Crippen LogP contribution in [-0.2, 0) is 9.47 Å². The van der Waals surface area contributed by atoms with E-state index in [0.29, 0.717) is 34.5 Å². The fourth-order valence-corrected chi connectivity index (χ4v) is 2.67. The van der Waals surface area contributed by atoms with E-state index in [2.05, 4.69) is 5.32 Å². The number of halogens is 1. The molecule has 0 aliphatic carbocycles. The Kier molecular flexibility index (Phi) is 5.70. The molecule has 1 aromatic carbocycles. The van der Waals surface area contributed by atoms with E-state index in [-0.39, 0.29) is 0 Å². The summed E-state index contributed by atoms with van der Waals surface area (Å²) in [7, 11) is 0. The first-order valence-electron chi connectivity index (χ1n) is 7.19. The molecule has 5 nitrogen and oxygen atoms in total. The van der Waals surface area contributed by atoms with Gasteiger partial charge in [0.15, 0.2) is 0 Å². The summed E-state index contributed by atoms with van der Waals surface area (Å²) in [5.74, 6) is 0.101. The Bertz CT molecular complexity index is 502. The highest BCUT2D eigenvalue weighted by Crippen LogP contribution is 2.30. The van der Waals surface area contributed by atoms with E-state index >= 15 is 0 Å². The highest BCUT2D eigenvalue weighted by Gasteiger charge is 2.19. The summed E-state index contributed by atoms with van der Waals surface area (Å²) in [6.45, 7) is 4.39. The first-order valence-corrected chi connectivity index (χ1v) is 7.57. The molecule has 1 fully saturated rings. The minimum absolute atomic E-state index is 0.310. The van der Waals surface area contributed by atoms with Gasteiger partial charge in [-0.05, 0) is 37.8 Å². The molecule has 116 valence electrons. The molecule has 1 heterocycles. The zero-order valence-corrected chi connectivity index (χ0v) is 12.9. The van der Waals surface area contributed by atoms with E-state index in [0.717, 1.165) is 32.6 Å². The van der Waals surface area contributed by atoms with Crippen molar-refractivity contribution in [1.29, 1.82) is 0 Å². The van der Waals surface area contributed by atoms with Crippen molar-refractivity contribution in [2.24, 2.45) is 5.92 Å². The van der Waals surface area contributed by atoms with Crippen molar-refractivity contribution in [2.75, 3.05) is 37.4 Å². The number of anilines is 2. The fraction of sp³-hybridized carbons (Fsp3) is 0.533. The fourth-order valence-electron chi connectivity index (χ4n) is 2.37. The average Bonchev–Trinajstić information content (AvgIpc) is 2.47. The Balaban J connectivity index is 2.14. The van der Waals surface area contributed by atoms with Gasteiger partial charge in [-0.25, -0.2) is 4.79 Å². The van der Waals surface area contributed by atoms with Gasteiger partial charge in [0.2, 0.25) is 0 Å². The van der Waals surface area contributed by atoms with Crippen LogP contribution in [0.15, 0.2) is 12.1 Å². The molecule has 0 bridgehead atoms. The van der Waals surface area contributed by atoms with Crippen molar-refractivity contribution in [1.82, 2.24) is 0 Å². The first kappa shape index (κ1) is 15.9. The highest BCUT2D eigenvalue weighted by atomic mass is 35.5. The van der Waals surface area contributed by atoms with E-state index in [1.807, 2.05) is 0 Å². The second-order valence-corrected chi connectivity index (χ2v) is 5.49. The summed E-state index contributed by atoms with van der Waals surface area (Å²) in [6.07, 6.45) is 2.02. The number of hydrogen-bond acceptors (Lipinski definition) is 5. The number of ether oxygens (including phenoxy) is 2. The Hall–Kier alpha value is -1.46. The summed E-state index contributed by atoms with van der Waals surface area (Å²) in [5, 5.41) is 3.71. The number of hydrogen-bond donors (Lipinski definition) is 2. The summed E-state index contributed by atoms with van der Waals surface area (Å²) < 4.78 is 10.4. The topological polar surface area (TPSA) is 73.6 Å². The van der Waals surface area contributed by atoms with Crippen LogP contribution in [0.1, 0.15) is 30.1 Å². The van der Waals surface area contributed by atoms with Crippen molar-refractivity contribution in [3.05, 3.63) is 22.7 Å². The molecular weight excluding hydrogens is 292 g/mol. The predicted molar refractivity (Wildman–Crippen MR) is 83.9 cm³/mol. The van der Waals surface area contributed by atoms with Crippen LogP contribution in [0.4, 0.5) is 11.4 Å². The number of carbonyl (C=O) groups excluding carboxylic acids is 1. The van der Waals surface area contributed by atoms with E-state index in [4.69, 9.17) is 26.8 Å². The minimum Gasteiger partial charge on any atom is -0.462 e. The third-order valence-electron chi connectivity index (χ3n) is 3.52. The summed E-state index contributed by atoms with van der Waals surface area (Å²) >= 11 is 6.22. The number of benzene rings is 1. The molecule has 21 heavy (non-hydrogen) atoms. The summed E-state index contributed by atoms with van der Waals surface area (Å²) in [4.78, 5) is 12.0. The molecule has 0 unspecified atom stereocenters. The molecule has 0 spiro atoms. The molecule has 6 heteroatoms. The van der Waals surface area contributed by atoms with Crippen molar-refractivity contribution in [3.8, 4) is 0 Å². The molecule has 0 atom stereocenters. The summed E-state index contributed by atoms with van der Waals surface area (Å²) in [6, 6.07) is 3.23. The lowest BCUT2D eigenvalue weighted by atomic mass is 10.00. The standard InChI is InChI=1S/C15H21ClN2O3/c1-2-21-15(19)12-7-11(17)8-13(16)14(12)18-9-10-3-5-20-6-4-10/h7-8,10,18H,2-6,9,17H2,1H3. The lowest BCUT2D eigenvalue weighted by Gasteiger charge is -2.23. The van der Waals surface area contributed by atoms with Gasteiger partial charge in [0, 0.05) is 25.4 Å². The third-order valence-corrected chi connectivity index (χ3v) is 3.81. The lowest BCUT2D eigenvalue weighted by Crippen LogP contribution is -2.23. The Morgan fingerprint density at radius 1 is 1.48 bits per heavy atom. The molecule has 1 saturated heterocycles. The van der Waals surface area contributed by atoms with Gasteiger partial charge < -0.3 is 20.5 Å². The molecule has 0 saturated carbocycles. The molecule has 0 aromatic heterocycles. The largest absolute Gasteiger partial charge is 0.462 e. The van der Waals surface area contributed by atoms with Crippen LogP contribution in [0.3, 0.4) is 0 Å². The number of esters is 1. The molecule has 1 aromatic rings. The van der Waals surface area contributed by atoms with Crippen molar-refractivity contribution in [2.45, 2.75) is 19.8 Å². The molecular formula is C15H21ClN2O3. The van der Waals surface area contributed by atoms with Crippen molar-refractivity contribution >= 4 is 28.9 Å². The highest BCUT2D eigenvalue weighted by molar-refractivity contribution is 6.34. The van der Waals surface area contributed by atoms with Gasteiger partial charge in [-0.15, -0.1) is 0 Å². The lowest BCUT2D eigenvalue weighted by molar-refractivity contribution is 0.0527. The number of nitrogen functional groups attached to an aromatic ring is 1. The third kappa shape index (κ3) is 4.25. The number of nitrogens with two attached hydrogens (primary N) is 1. The molecule has 1 aliphatic heterocycles. The molecule has 1 aliphatic rings. The second kappa shape index (κ2) is 7.52. The van der Waals surface area contributed by atoms with E-state index in [1.165, 1.54) is 0 Å². The minimum atomic E-state index is -0.416. The first-order chi connectivity index (χ1) is 10.1. The van der Waals surface area contributed by atoms with Gasteiger partial charge in [-0.1, -0.05) is 11.6 Å². The number of carbonyl (C=O) groups is 1. The maximum atomic E-state index is 12.0. The molecule has 0 amide bonds. The Labute approximate surface area is 129 Å². The van der Waals surface area contributed by atoms with E-state index in [9.17, 15) is 4.79 Å². The van der Waals surface area contributed by atoms with Gasteiger partial charge in [0.25, 0.3) is 0 Å².